The second-order valence-corrected chi connectivity index (χ2v) is 4.09. The van der Waals surface area contributed by atoms with Crippen molar-refractivity contribution in [1.82, 2.24) is 0 Å². The molecular weight excluding hydrogens is 293 g/mol. The molecule has 1 atom stereocenters. The molecule has 0 saturated carbocycles. The lowest BCUT2D eigenvalue weighted by Crippen LogP contribution is -2.09. The van der Waals surface area contributed by atoms with Crippen molar-refractivity contribution in [3.63, 3.8) is 0 Å². The molecule has 0 amide bonds. The van der Waals surface area contributed by atoms with Gasteiger partial charge >= 0.3 is 0 Å². The van der Waals surface area contributed by atoms with Crippen LogP contribution in [0.1, 0.15) is 18.0 Å². The molecule has 0 saturated heterocycles. The summed E-state index contributed by atoms with van der Waals surface area (Å²) in [5.41, 5.74) is 6.55. The van der Waals surface area contributed by atoms with Crippen molar-refractivity contribution in [1.29, 1.82) is 0 Å². The van der Waals surface area contributed by atoms with E-state index in [1.165, 1.54) is 7.11 Å². The van der Waals surface area contributed by atoms with Crippen LogP contribution in [0.5, 0.6) is 11.5 Å². The van der Waals surface area contributed by atoms with Gasteiger partial charge < -0.3 is 15.6 Å². The van der Waals surface area contributed by atoms with Gasteiger partial charge in [-0.05, 0) is 18.6 Å². The third-order valence-corrected chi connectivity index (χ3v) is 2.57. The average molecular weight is 309 g/mol. The second kappa shape index (κ2) is 6.78. The van der Waals surface area contributed by atoms with Gasteiger partial charge in [-0.2, -0.15) is 0 Å². The molecule has 1 rings (SSSR count). The molecule has 0 aliphatic carbocycles. The maximum Gasteiger partial charge on any atom is 0.162 e. The van der Waals surface area contributed by atoms with Crippen molar-refractivity contribution < 1.29 is 9.84 Å². The Morgan fingerprint density at radius 3 is 2.75 bits per heavy atom. The van der Waals surface area contributed by atoms with Crippen LogP contribution in [0.25, 0.3) is 0 Å². The molecule has 0 radical (unpaired) electrons. The molecular formula is C11H15BrClNO2. The smallest absolute Gasteiger partial charge is 0.162 e. The van der Waals surface area contributed by atoms with Crippen molar-refractivity contribution in [3.05, 3.63) is 34.8 Å². The lowest BCUT2D eigenvalue weighted by molar-refractivity contribution is 0.368. The molecule has 0 heterocycles. The van der Waals surface area contributed by atoms with Gasteiger partial charge in [0.1, 0.15) is 0 Å². The number of benzene rings is 1. The van der Waals surface area contributed by atoms with Crippen LogP contribution in [0.2, 0.25) is 0 Å². The number of hydrogen-bond donors (Lipinski definition) is 2. The number of nitrogens with two attached hydrogens (primary N) is 1. The van der Waals surface area contributed by atoms with E-state index in [0.717, 1.165) is 4.47 Å². The largest absolute Gasteiger partial charge is 0.504 e. The molecule has 5 heteroatoms. The molecule has 0 aliphatic rings. The maximum absolute atomic E-state index is 9.85. The molecule has 0 spiro atoms. The van der Waals surface area contributed by atoms with Gasteiger partial charge in [0.15, 0.2) is 11.5 Å². The van der Waals surface area contributed by atoms with Gasteiger partial charge in [0, 0.05) is 16.1 Å². The van der Waals surface area contributed by atoms with Crippen LogP contribution in [-0.4, -0.2) is 12.2 Å². The van der Waals surface area contributed by atoms with Gasteiger partial charge in [-0.3, -0.25) is 0 Å². The fourth-order valence-corrected chi connectivity index (χ4v) is 1.79. The normalized spacial score (nSPS) is 11.4. The maximum atomic E-state index is 9.85. The SMILES string of the molecule is C=CC[C@@H](N)c1cc(Br)cc(OC)c1O.Cl. The van der Waals surface area contributed by atoms with Gasteiger partial charge in [0.25, 0.3) is 0 Å². The summed E-state index contributed by atoms with van der Waals surface area (Å²) in [6.45, 7) is 3.62. The first kappa shape index (κ1) is 15.3. The van der Waals surface area contributed by atoms with Crippen molar-refractivity contribution in [2.75, 3.05) is 7.11 Å². The number of aromatic hydroxyl groups is 1. The average Bonchev–Trinajstić information content (AvgIpc) is 2.21. The van der Waals surface area contributed by atoms with Gasteiger partial charge in [-0.25, -0.2) is 0 Å². The summed E-state index contributed by atoms with van der Waals surface area (Å²) in [4.78, 5) is 0. The summed E-state index contributed by atoms with van der Waals surface area (Å²) in [6.07, 6.45) is 2.32. The Labute approximate surface area is 110 Å². The van der Waals surface area contributed by atoms with Gasteiger partial charge in [0.05, 0.1) is 7.11 Å². The molecule has 0 aliphatic heterocycles. The predicted octanol–water partition coefficient (Wildman–Crippen LogP) is 3.16. The highest BCUT2D eigenvalue weighted by Crippen LogP contribution is 2.37. The lowest BCUT2D eigenvalue weighted by atomic mass is 10.0. The van der Waals surface area contributed by atoms with Crippen molar-refractivity contribution >= 4 is 28.3 Å². The quantitative estimate of drug-likeness (QED) is 0.840. The highest BCUT2D eigenvalue weighted by Gasteiger charge is 2.14. The van der Waals surface area contributed by atoms with Crippen LogP contribution in [0, 0.1) is 0 Å². The zero-order chi connectivity index (χ0) is 11.4. The Bertz CT molecular complexity index is 371. The van der Waals surface area contributed by atoms with Crippen molar-refractivity contribution in [3.8, 4) is 11.5 Å². The number of rotatable bonds is 4. The molecule has 1 aromatic rings. The molecule has 90 valence electrons. The number of hydrogen-bond acceptors (Lipinski definition) is 3. The van der Waals surface area contributed by atoms with Gasteiger partial charge in [-0.1, -0.05) is 22.0 Å². The van der Waals surface area contributed by atoms with E-state index < -0.39 is 0 Å². The fourth-order valence-electron chi connectivity index (χ4n) is 1.34. The highest BCUT2D eigenvalue weighted by atomic mass is 79.9. The summed E-state index contributed by atoms with van der Waals surface area (Å²) in [5.74, 6) is 0.508. The first-order chi connectivity index (χ1) is 7.10. The lowest BCUT2D eigenvalue weighted by Gasteiger charge is -2.14. The summed E-state index contributed by atoms with van der Waals surface area (Å²) < 4.78 is 5.86. The summed E-state index contributed by atoms with van der Waals surface area (Å²) in [5, 5.41) is 9.85. The summed E-state index contributed by atoms with van der Waals surface area (Å²) in [6, 6.07) is 3.21. The molecule has 0 aromatic heterocycles. The van der Waals surface area contributed by atoms with Crippen LogP contribution < -0.4 is 10.5 Å². The highest BCUT2D eigenvalue weighted by molar-refractivity contribution is 9.10. The summed E-state index contributed by atoms with van der Waals surface area (Å²) >= 11 is 3.33. The standard InChI is InChI=1S/C11H14BrNO2.ClH/c1-3-4-9(13)8-5-7(12)6-10(15-2)11(8)14;/h3,5-6,9,14H,1,4,13H2,2H3;1H/t9-;/m1./s1. The van der Waals surface area contributed by atoms with Gasteiger partial charge in [-0.15, -0.1) is 19.0 Å². The van der Waals surface area contributed by atoms with E-state index in [-0.39, 0.29) is 24.2 Å². The van der Waals surface area contributed by atoms with Crippen LogP contribution >= 0.6 is 28.3 Å². The monoisotopic (exact) mass is 307 g/mol. The third-order valence-electron chi connectivity index (χ3n) is 2.11. The Balaban J connectivity index is 0.00000225. The number of ether oxygens (including phenoxy) is 1. The minimum atomic E-state index is -0.270. The number of phenols is 1. The zero-order valence-corrected chi connectivity index (χ0v) is 11.3. The van der Waals surface area contributed by atoms with Crippen LogP contribution in [-0.2, 0) is 0 Å². The topological polar surface area (TPSA) is 55.5 Å². The van der Waals surface area contributed by atoms with E-state index in [9.17, 15) is 5.11 Å². The fraction of sp³-hybridized carbons (Fsp3) is 0.273. The first-order valence-corrected chi connectivity index (χ1v) is 5.32. The second-order valence-electron chi connectivity index (χ2n) is 3.18. The molecule has 16 heavy (non-hydrogen) atoms. The van der Waals surface area contributed by atoms with E-state index in [1.54, 1.807) is 18.2 Å². The van der Waals surface area contributed by atoms with E-state index in [0.29, 0.717) is 17.7 Å². The van der Waals surface area contributed by atoms with E-state index in [4.69, 9.17) is 10.5 Å². The van der Waals surface area contributed by atoms with E-state index in [1.807, 2.05) is 0 Å². The van der Waals surface area contributed by atoms with E-state index >= 15 is 0 Å². The predicted molar refractivity (Wildman–Crippen MR) is 71.3 cm³/mol. The van der Waals surface area contributed by atoms with E-state index in [2.05, 4.69) is 22.5 Å². The number of methoxy groups -OCH3 is 1. The summed E-state index contributed by atoms with van der Waals surface area (Å²) in [7, 11) is 1.50. The van der Waals surface area contributed by atoms with Crippen molar-refractivity contribution in [2.45, 2.75) is 12.5 Å². The Kier molecular flexibility index (Phi) is 6.48. The molecule has 0 fully saturated rings. The first-order valence-electron chi connectivity index (χ1n) is 4.53. The zero-order valence-electron chi connectivity index (χ0n) is 8.94. The third kappa shape index (κ3) is 3.40. The van der Waals surface area contributed by atoms with Crippen LogP contribution in [0.3, 0.4) is 0 Å². The molecule has 3 nitrogen and oxygen atoms in total. The molecule has 0 bridgehead atoms. The van der Waals surface area contributed by atoms with Crippen LogP contribution in [0.4, 0.5) is 0 Å². The Morgan fingerprint density at radius 1 is 1.62 bits per heavy atom. The molecule has 1 aromatic carbocycles. The molecule has 0 unspecified atom stereocenters. The number of halogens is 2. The van der Waals surface area contributed by atoms with Gasteiger partial charge in [0.2, 0.25) is 0 Å². The Hall–Kier alpha value is -0.710. The minimum Gasteiger partial charge on any atom is -0.504 e. The number of phenolic OH excluding ortho intramolecular Hbond substituents is 1. The Morgan fingerprint density at radius 2 is 2.25 bits per heavy atom. The molecule has 3 N–H and O–H groups in total. The van der Waals surface area contributed by atoms with Crippen LogP contribution in [0.15, 0.2) is 29.3 Å². The minimum absolute atomic E-state index is 0. The van der Waals surface area contributed by atoms with Crippen molar-refractivity contribution in [2.24, 2.45) is 5.73 Å².